The van der Waals surface area contributed by atoms with Gasteiger partial charge in [-0.3, -0.25) is 4.79 Å². The van der Waals surface area contributed by atoms with Crippen LogP contribution in [0, 0.1) is 11.8 Å². The third-order valence-electron chi connectivity index (χ3n) is 5.13. The molecule has 2 heteroatoms. The molecule has 0 amide bonds. The zero-order valence-electron chi connectivity index (χ0n) is 14.3. The fourth-order valence-electron chi connectivity index (χ4n) is 3.59. The second-order valence-corrected chi connectivity index (χ2v) is 6.64. The summed E-state index contributed by atoms with van der Waals surface area (Å²) >= 11 is 0. The molecule has 2 nitrogen and oxygen atoms in total. The van der Waals surface area contributed by atoms with Crippen LogP contribution in [0.2, 0.25) is 0 Å². The van der Waals surface area contributed by atoms with Gasteiger partial charge in [0.2, 0.25) is 0 Å². The maximum Gasteiger partial charge on any atom is 0.136 e. The maximum absolute atomic E-state index is 12.4. The second-order valence-electron chi connectivity index (χ2n) is 6.64. The summed E-state index contributed by atoms with van der Waals surface area (Å²) in [6.07, 6.45) is 6.52. The minimum atomic E-state index is 0.337. The molecule has 3 atom stereocenters. The molecule has 1 fully saturated rings. The van der Waals surface area contributed by atoms with Gasteiger partial charge < -0.3 is 4.74 Å². The number of benzene rings is 1. The summed E-state index contributed by atoms with van der Waals surface area (Å²) in [6, 6.07) is 8.40. The van der Waals surface area contributed by atoms with Crippen LogP contribution in [0.4, 0.5) is 0 Å². The quantitative estimate of drug-likeness (QED) is 0.677. The number of rotatable bonds is 7. The average Bonchev–Trinajstić information content (AvgIpc) is 2.54. The van der Waals surface area contributed by atoms with Crippen LogP contribution in [-0.4, -0.2) is 12.4 Å². The third kappa shape index (κ3) is 4.34. The summed E-state index contributed by atoms with van der Waals surface area (Å²) in [5, 5.41) is 0. The molecule has 2 rings (SSSR count). The molecule has 1 aromatic rings. The van der Waals surface area contributed by atoms with Gasteiger partial charge in [-0.05, 0) is 55.7 Å². The van der Waals surface area contributed by atoms with E-state index in [9.17, 15) is 4.79 Å². The highest BCUT2D eigenvalue weighted by Gasteiger charge is 2.31. The Morgan fingerprint density at radius 3 is 2.50 bits per heavy atom. The molecule has 122 valence electrons. The molecule has 0 aromatic heterocycles. The fraction of sp³-hybridized carbons (Fsp3) is 0.650. The minimum absolute atomic E-state index is 0.337. The van der Waals surface area contributed by atoms with Gasteiger partial charge in [0.15, 0.2) is 0 Å². The second kappa shape index (κ2) is 8.36. The predicted octanol–water partition coefficient (Wildman–Crippen LogP) is 5.36. The summed E-state index contributed by atoms with van der Waals surface area (Å²) in [5.74, 6) is 2.72. The van der Waals surface area contributed by atoms with E-state index in [0.29, 0.717) is 30.1 Å². The van der Waals surface area contributed by atoms with Gasteiger partial charge in [0.25, 0.3) is 0 Å². The molecular formula is C20H30O2. The van der Waals surface area contributed by atoms with Crippen molar-refractivity contribution in [3.05, 3.63) is 29.8 Å². The van der Waals surface area contributed by atoms with Crippen LogP contribution in [0.3, 0.4) is 0 Å². The first-order valence-electron chi connectivity index (χ1n) is 8.91. The largest absolute Gasteiger partial charge is 0.494 e. The van der Waals surface area contributed by atoms with E-state index >= 15 is 0 Å². The Morgan fingerprint density at radius 1 is 1.18 bits per heavy atom. The van der Waals surface area contributed by atoms with Gasteiger partial charge in [-0.2, -0.15) is 0 Å². The van der Waals surface area contributed by atoms with Crippen LogP contribution >= 0.6 is 0 Å². The Bertz CT molecular complexity index is 463. The zero-order chi connectivity index (χ0) is 15.9. The number of Topliss-reactive ketones (excluding diaryl/α,β-unsaturated/α-hetero) is 1. The first kappa shape index (κ1) is 17.1. The van der Waals surface area contributed by atoms with Crippen molar-refractivity contribution in [1.29, 1.82) is 0 Å². The Labute approximate surface area is 135 Å². The number of carbonyl (C=O) groups is 1. The van der Waals surface area contributed by atoms with Crippen molar-refractivity contribution in [3.63, 3.8) is 0 Å². The summed E-state index contributed by atoms with van der Waals surface area (Å²) in [4.78, 5) is 12.4. The lowest BCUT2D eigenvalue weighted by Crippen LogP contribution is -2.27. The Balaban J connectivity index is 1.93. The first-order valence-corrected chi connectivity index (χ1v) is 8.91. The van der Waals surface area contributed by atoms with Gasteiger partial charge in [-0.15, -0.1) is 0 Å². The predicted molar refractivity (Wildman–Crippen MR) is 91.4 cm³/mol. The number of hydrogen-bond donors (Lipinski definition) is 0. The summed E-state index contributed by atoms with van der Waals surface area (Å²) in [6.45, 7) is 7.16. The third-order valence-corrected chi connectivity index (χ3v) is 5.13. The summed E-state index contributed by atoms with van der Waals surface area (Å²) < 4.78 is 5.50. The molecule has 0 N–H and O–H groups in total. The lowest BCUT2D eigenvalue weighted by atomic mass is 9.72. The van der Waals surface area contributed by atoms with Crippen LogP contribution in [0.15, 0.2) is 24.3 Å². The van der Waals surface area contributed by atoms with E-state index in [4.69, 9.17) is 4.74 Å². The van der Waals surface area contributed by atoms with Crippen LogP contribution < -0.4 is 4.74 Å². The molecule has 0 saturated heterocycles. The summed E-state index contributed by atoms with van der Waals surface area (Å²) in [7, 11) is 0. The van der Waals surface area contributed by atoms with Crippen molar-refractivity contribution in [2.45, 2.75) is 65.2 Å². The molecule has 3 unspecified atom stereocenters. The Morgan fingerprint density at radius 2 is 1.91 bits per heavy atom. The molecule has 0 aliphatic heterocycles. The van der Waals surface area contributed by atoms with Crippen LogP contribution in [-0.2, 0) is 4.79 Å². The van der Waals surface area contributed by atoms with Crippen molar-refractivity contribution >= 4 is 5.78 Å². The Hall–Kier alpha value is -1.31. The van der Waals surface area contributed by atoms with E-state index in [1.165, 1.54) is 24.8 Å². The standard InChI is InChI=1S/C20H30O2/c1-4-6-7-17-8-9-18(14-20(17)21)15(3)16-10-12-19(13-11-16)22-5-2/h10-13,15,17-18H,4-9,14H2,1-3H3. The minimum Gasteiger partial charge on any atom is -0.494 e. The number of carbonyl (C=O) groups excluding carboxylic acids is 1. The SMILES string of the molecule is CCCCC1CCC(C(C)c2ccc(OCC)cc2)CC1=O. The molecule has 0 bridgehead atoms. The molecule has 22 heavy (non-hydrogen) atoms. The van der Waals surface area contributed by atoms with Gasteiger partial charge >= 0.3 is 0 Å². The topological polar surface area (TPSA) is 26.3 Å². The highest BCUT2D eigenvalue weighted by atomic mass is 16.5. The van der Waals surface area contributed by atoms with Crippen molar-refractivity contribution in [3.8, 4) is 5.75 Å². The molecule has 1 aromatic carbocycles. The first-order chi connectivity index (χ1) is 10.7. The molecular weight excluding hydrogens is 272 g/mol. The monoisotopic (exact) mass is 302 g/mol. The number of ketones is 1. The van der Waals surface area contributed by atoms with Gasteiger partial charge in [-0.1, -0.05) is 38.8 Å². The molecule has 0 radical (unpaired) electrons. The number of unbranched alkanes of at least 4 members (excludes halogenated alkanes) is 1. The van der Waals surface area contributed by atoms with Gasteiger partial charge in [0, 0.05) is 12.3 Å². The van der Waals surface area contributed by atoms with E-state index in [1.807, 2.05) is 19.1 Å². The maximum atomic E-state index is 12.4. The normalized spacial score (nSPS) is 23.3. The van der Waals surface area contributed by atoms with Crippen molar-refractivity contribution in [2.75, 3.05) is 6.61 Å². The highest BCUT2D eigenvalue weighted by Crippen LogP contribution is 2.38. The van der Waals surface area contributed by atoms with Crippen LogP contribution in [0.5, 0.6) is 5.75 Å². The van der Waals surface area contributed by atoms with E-state index < -0.39 is 0 Å². The molecule has 0 spiro atoms. The van der Waals surface area contributed by atoms with Crippen molar-refractivity contribution < 1.29 is 9.53 Å². The van der Waals surface area contributed by atoms with E-state index in [2.05, 4.69) is 26.0 Å². The molecule has 1 aliphatic rings. The molecule has 1 aliphatic carbocycles. The Kier molecular flexibility index (Phi) is 6.48. The lowest BCUT2D eigenvalue weighted by Gasteiger charge is -2.31. The smallest absolute Gasteiger partial charge is 0.136 e. The molecule has 1 saturated carbocycles. The van der Waals surface area contributed by atoms with Gasteiger partial charge in [0.1, 0.15) is 11.5 Å². The van der Waals surface area contributed by atoms with Gasteiger partial charge in [-0.25, -0.2) is 0 Å². The van der Waals surface area contributed by atoms with Gasteiger partial charge in [0.05, 0.1) is 6.61 Å². The van der Waals surface area contributed by atoms with E-state index in [0.717, 1.165) is 25.0 Å². The zero-order valence-corrected chi connectivity index (χ0v) is 14.3. The van der Waals surface area contributed by atoms with Crippen LogP contribution in [0.1, 0.15) is 70.8 Å². The lowest BCUT2D eigenvalue weighted by molar-refractivity contribution is -0.126. The highest BCUT2D eigenvalue weighted by molar-refractivity contribution is 5.82. The molecule has 0 heterocycles. The van der Waals surface area contributed by atoms with E-state index in [1.54, 1.807) is 0 Å². The average molecular weight is 302 g/mol. The van der Waals surface area contributed by atoms with Crippen molar-refractivity contribution in [1.82, 2.24) is 0 Å². The van der Waals surface area contributed by atoms with E-state index in [-0.39, 0.29) is 0 Å². The number of hydrogen-bond acceptors (Lipinski definition) is 2. The van der Waals surface area contributed by atoms with Crippen LogP contribution in [0.25, 0.3) is 0 Å². The number of ether oxygens (including phenoxy) is 1. The van der Waals surface area contributed by atoms with Crippen molar-refractivity contribution in [2.24, 2.45) is 11.8 Å². The summed E-state index contributed by atoms with van der Waals surface area (Å²) in [5.41, 5.74) is 1.33. The fourth-order valence-corrected chi connectivity index (χ4v) is 3.59.